The minimum Gasteiger partial charge on any atom is -0.462 e. The van der Waals surface area contributed by atoms with Crippen molar-refractivity contribution in [2.24, 2.45) is 0 Å². The van der Waals surface area contributed by atoms with E-state index >= 15 is 0 Å². The summed E-state index contributed by atoms with van der Waals surface area (Å²) in [4.78, 5) is 19.5. The van der Waals surface area contributed by atoms with Crippen LogP contribution >= 0.6 is 0 Å². The fourth-order valence-corrected chi connectivity index (χ4v) is 6.50. The Hall–Kier alpha value is -1.39. The highest BCUT2D eigenvalue weighted by molar-refractivity contribution is 5.69. The zero-order chi connectivity index (χ0) is 28.6. The topological polar surface area (TPSA) is 38.8 Å². The lowest BCUT2D eigenvalue weighted by molar-refractivity contribution is -0.323. The van der Waals surface area contributed by atoms with Crippen molar-refractivity contribution < 1.29 is 14.4 Å². The molecule has 1 aliphatic rings. The van der Waals surface area contributed by atoms with Crippen LogP contribution in [-0.2, 0) is 14.4 Å². The maximum atomic E-state index is 12.8. The number of carbonyl (C=O) groups is 1. The summed E-state index contributed by atoms with van der Waals surface area (Å²) in [6, 6.07) is 10.4. The van der Waals surface area contributed by atoms with E-state index < -0.39 is 0 Å². The summed E-state index contributed by atoms with van der Waals surface area (Å²) < 4.78 is 6.11. The van der Waals surface area contributed by atoms with Gasteiger partial charge in [-0.05, 0) is 45.6 Å². The molecule has 0 N–H and O–H groups in total. The minimum absolute atomic E-state index is 0.0213. The molecule has 2 unspecified atom stereocenters. The molecule has 0 bridgehead atoms. The summed E-state index contributed by atoms with van der Waals surface area (Å²) in [5.41, 5.74) is 0.805. The van der Waals surface area contributed by atoms with Crippen molar-refractivity contribution in [3.63, 3.8) is 0 Å². The van der Waals surface area contributed by atoms with E-state index in [1.54, 1.807) is 0 Å². The van der Waals surface area contributed by atoms with Crippen molar-refractivity contribution >= 4 is 5.97 Å². The van der Waals surface area contributed by atoms with Gasteiger partial charge < -0.3 is 4.74 Å². The Labute approximate surface area is 241 Å². The number of nitrogens with zero attached hydrogens (tertiary/aromatic N) is 1. The van der Waals surface area contributed by atoms with Gasteiger partial charge in [-0.15, -0.1) is 0 Å². The summed E-state index contributed by atoms with van der Waals surface area (Å²) in [5.74, 6) is -0.0213. The van der Waals surface area contributed by atoms with Gasteiger partial charge in [0, 0.05) is 30.3 Å². The molecular formula is C35H61NO3. The second-order valence-corrected chi connectivity index (χ2v) is 12.7. The van der Waals surface area contributed by atoms with Crippen molar-refractivity contribution in [3.05, 3.63) is 35.9 Å². The Morgan fingerprint density at radius 2 is 1.33 bits per heavy atom. The highest BCUT2D eigenvalue weighted by atomic mass is 16.7. The summed E-state index contributed by atoms with van der Waals surface area (Å²) in [7, 11) is 0. The molecule has 0 aromatic heterocycles. The van der Waals surface area contributed by atoms with Crippen LogP contribution in [0.15, 0.2) is 30.3 Å². The Bertz CT molecular complexity index is 773. The van der Waals surface area contributed by atoms with Crippen LogP contribution in [0.5, 0.6) is 0 Å². The number of hydroxylamine groups is 2. The third-order valence-corrected chi connectivity index (χ3v) is 8.95. The molecule has 4 heteroatoms. The van der Waals surface area contributed by atoms with Crippen molar-refractivity contribution in [3.8, 4) is 0 Å². The van der Waals surface area contributed by atoms with Gasteiger partial charge in [0.25, 0.3) is 0 Å². The number of carbonyl (C=O) groups excluding carboxylic acids is 1. The minimum atomic E-state index is -0.228. The van der Waals surface area contributed by atoms with Crippen LogP contribution in [0.4, 0.5) is 0 Å². The average molecular weight is 544 g/mol. The third-order valence-electron chi connectivity index (χ3n) is 8.95. The smallest absolute Gasteiger partial charge is 0.306 e. The quantitative estimate of drug-likeness (QED) is 0.121. The lowest BCUT2D eigenvalue weighted by Gasteiger charge is -2.56. The van der Waals surface area contributed by atoms with Crippen molar-refractivity contribution in [2.45, 2.75) is 180 Å². The van der Waals surface area contributed by atoms with Crippen LogP contribution in [0.3, 0.4) is 0 Å². The number of piperidine rings is 1. The molecule has 39 heavy (non-hydrogen) atoms. The van der Waals surface area contributed by atoms with E-state index in [1.165, 1.54) is 76.2 Å². The van der Waals surface area contributed by atoms with Crippen LogP contribution < -0.4 is 0 Å². The van der Waals surface area contributed by atoms with Crippen LogP contribution in [0.2, 0.25) is 0 Å². The van der Waals surface area contributed by atoms with E-state index in [0.717, 1.165) is 38.5 Å². The highest BCUT2D eigenvalue weighted by Gasteiger charge is 2.51. The lowest BCUT2D eigenvalue weighted by Crippen LogP contribution is -2.64. The van der Waals surface area contributed by atoms with Crippen molar-refractivity contribution in [2.75, 3.05) is 0 Å². The first-order valence-electron chi connectivity index (χ1n) is 16.5. The molecule has 2 rings (SSSR count). The molecule has 1 fully saturated rings. The fourth-order valence-electron chi connectivity index (χ4n) is 6.50. The van der Waals surface area contributed by atoms with E-state index in [4.69, 9.17) is 9.57 Å². The number of hydrogen-bond donors (Lipinski definition) is 0. The molecule has 0 aliphatic carbocycles. The Balaban J connectivity index is 1.71. The van der Waals surface area contributed by atoms with Gasteiger partial charge >= 0.3 is 5.97 Å². The Morgan fingerprint density at radius 1 is 0.821 bits per heavy atom. The van der Waals surface area contributed by atoms with Gasteiger partial charge in [0.05, 0.1) is 0 Å². The Kier molecular flexibility index (Phi) is 15.7. The largest absolute Gasteiger partial charge is 0.462 e. The highest BCUT2D eigenvalue weighted by Crippen LogP contribution is 2.45. The molecule has 0 spiro atoms. The van der Waals surface area contributed by atoms with Crippen molar-refractivity contribution in [1.29, 1.82) is 0 Å². The molecule has 2 atom stereocenters. The van der Waals surface area contributed by atoms with Crippen LogP contribution in [0, 0.1) is 0 Å². The van der Waals surface area contributed by atoms with E-state index in [2.05, 4.69) is 70.9 Å². The summed E-state index contributed by atoms with van der Waals surface area (Å²) in [6.45, 7) is 13.3. The molecular weight excluding hydrogens is 482 g/mol. The van der Waals surface area contributed by atoms with Crippen LogP contribution in [0.25, 0.3) is 0 Å². The van der Waals surface area contributed by atoms with E-state index in [9.17, 15) is 4.79 Å². The Morgan fingerprint density at radius 3 is 1.85 bits per heavy atom. The van der Waals surface area contributed by atoms with E-state index in [-0.39, 0.29) is 29.3 Å². The van der Waals surface area contributed by atoms with E-state index in [1.807, 2.05) is 6.07 Å². The maximum Gasteiger partial charge on any atom is 0.306 e. The zero-order valence-electron chi connectivity index (χ0n) is 26.4. The molecule has 0 amide bonds. The first-order valence-corrected chi connectivity index (χ1v) is 16.5. The van der Waals surface area contributed by atoms with Crippen LogP contribution in [-0.4, -0.2) is 28.2 Å². The van der Waals surface area contributed by atoms with Crippen molar-refractivity contribution in [1.82, 2.24) is 5.06 Å². The molecule has 224 valence electrons. The maximum absolute atomic E-state index is 12.8. The van der Waals surface area contributed by atoms with Gasteiger partial charge in [0.1, 0.15) is 12.2 Å². The van der Waals surface area contributed by atoms with Gasteiger partial charge in [-0.3, -0.25) is 9.63 Å². The molecule has 1 aromatic carbocycles. The molecule has 0 saturated carbocycles. The first kappa shape index (κ1) is 33.8. The predicted molar refractivity (Wildman–Crippen MR) is 165 cm³/mol. The summed E-state index contributed by atoms with van der Waals surface area (Å²) >= 11 is 0. The van der Waals surface area contributed by atoms with Gasteiger partial charge in [-0.25, -0.2) is 0 Å². The van der Waals surface area contributed by atoms with Gasteiger partial charge in [0.15, 0.2) is 0 Å². The predicted octanol–water partition coefficient (Wildman–Crippen LogP) is 10.5. The third kappa shape index (κ3) is 11.6. The standard InChI is InChI=1S/C35H61NO3/c1-7-10-11-12-13-14-15-16-17-18-19-20-24-27-33(37)38-32-28-34(5,6)36(35(8-2,9-3)29-32)39-30(4)31-25-22-21-23-26-31/h21-23,25-26,30,32H,7-20,24,27-29H2,1-6H3. The number of esters is 1. The SMILES string of the molecule is CCCCCCCCCCCCCCCC(=O)OC1CC(C)(C)N(OC(C)c2ccccc2)C(CC)(CC)C1. The van der Waals surface area contributed by atoms with Gasteiger partial charge in [-0.1, -0.05) is 128 Å². The number of ether oxygens (including phenoxy) is 1. The monoisotopic (exact) mass is 543 g/mol. The average Bonchev–Trinajstić information content (AvgIpc) is 2.92. The number of benzene rings is 1. The summed E-state index contributed by atoms with van der Waals surface area (Å²) in [6.07, 6.45) is 21.1. The number of unbranched alkanes of at least 4 members (excludes halogenated alkanes) is 12. The second-order valence-electron chi connectivity index (χ2n) is 12.7. The van der Waals surface area contributed by atoms with Gasteiger partial charge in [-0.2, -0.15) is 5.06 Å². The molecule has 1 aromatic rings. The molecule has 1 heterocycles. The van der Waals surface area contributed by atoms with Gasteiger partial charge in [0.2, 0.25) is 0 Å². The number of hydrogen-bond acceptors (Lipinski definition) is 4. The normalized spacial score (nSPS) is 19.6. The first-order chi connectivity index (χ1) is 18.8. The fraction of sp³-hybridized carbons (Fsp3) is 0.800. The lowest BCUT2D eigenvalue weighted by atomic mass is 9.75. The van der Waals surface area contributed by atoms with E-state index in [0.29, 0.717) is 6.42 Å². The zero-order valence-corrected chi connectivity index (χ0v) is 26.4. The summed E-state index contributed by atoms with van der Waals surface area (Å²) in [5, 5.41) is 2.26. The second kappa shape index (κ2) is 18.1. The van der Waals surface area contributed by atoms with Crippen LogP contribution in [0.1, 0.15) is 169 Å². The number of rotatable bonds is 20. The molecule has 4 nitrogen and oxygen atoms in total. The molecule has 1 aliphatic heterocycles. The molecule has 0 radical (unpaired) electrons. The molecule has 1 saturated heterocycles.